The van der Waals surface area contributed by atoms with Crippen LogP contribution in [-0.4, -0.2) is 29.5 Å². The SMILES string of the molecule is O=C(O)c1ccc(S(=O)(=O)Nc2cccnc2Br)nc1. The van der Waals surface area contributed by atoms with Crippen molar-refractivity contribution in [2.45, 2.75) is 5.03 Å². The molecule has 0 saturated carbocycles. The minimum atomic E-state index is -3.90. The van der Waals surface area contributed by atoms with Gasteiger partial charge in [-0.25, -0.2) is 14.8 Å². The van der Waals surface area contributed by atoms with Gasteiger partial charge in [-0.2, -0.15) is 8.42 Å². The standard InChI is InChI=1S/C11H8BrN3O4S/c12-10-8(2-1-5-13-10)15-20(18,19)9-4-3-7(6-14-9)11(16)17/h1-6,15H,(H,16,17). The molecule has 2 rings (SSSR count). The smallest absolute Gasteiger partial charge is 0.337 e. The van der Waals surface area contributed by atoms with Crippen LogP contribution < -0.4 is 4.72 Å². The van der Waals surface area contributed by atoms with Crippen LogP contribution in [-0.2, 0) is 10.0 Å². The average molecular weight is 358 g/mol. The zero-order valence-electron chi connectivity index (χ0n) is 9.82. The first-order chi connectivity index (χ1) is 9.40. The molecule has 2 N–H and O–H groups in total. The zero-order valence-corrected chi connectivity index (χ0v) is 12.2. The van der Waals surface area contributed by atoms with Crippen molar-refractivity contribution in [2.24, 2.45) is 0 Å². The summed E-state index contributed by atoms with van der Waals surface area (Å²) in [6, 6.07) is 5.39. The van der Waals surface area contributed by atoms with Gasteiger partial charge in [-0.05, 0) is 40.2 Å². The number of nitrogens with one attached hydrogen (secondary N) is 1. The summed E-state index contributed by atoms with van der Waals surface area (Å²) in [5.74, 6) is -1.18. The number of halogens is 1. The van der Waals surface area contributed by atoms with E-state index in [1.54, 1.807) is 6.07 Å². The van der Waals surface area contributed by atoms with Crippen molar-refractivity contribution in [3.05, 3.63) is 46.8 Å². The molecule has 0 aromatic carbocycles. The highest BCUT2D eigenvalue weighted by Gasteiger charge is 2.18. The third kappa shape index (κ3) is 3.11. The quantitative estimate of drug-likeness (QED) is 0.806. The summed E-state index contributed by atoms with van der Waals surface area (Å²) >= 11 is 3.12. The van der Waals surface area contributed by atoms with Gasteiger partial charge in [-0.1, -0.05) is 0 Å². The van der Waals surface area contributed by atoms with Crippen LogP contribution in [0.3, 0.4) is 0 Å². The number of hydrogen-bond acceptors (Lipinski definition) is 5. The van der Waals surface area contributed by atoms with E-state index in [4.69, 9.17) is 5.11 Å². The lowest BCUT2D eigenvalue weighted by Gasteiger charge is -2.08. The number of anilines is 1. The highest BCUT2D eigenvalue weighted by atomic mass is 79.9. The first-order valence-corrected chi connectivity index (χ1v) is 7.50. The molecule has 2 aromatic rings. The van der Waals surface area contributed by atoms with Crippen LogP contribution in [0.5, 0.6) is 0 Å². The fourth-order valence-electron chi connectivity index (χ4n) is 1.32. The molecule has 0 saturated heterocycles. The van der Waals surface area contributed by atoms with Crippen molar-refractivity contribution in [3.63, 3.8) is 0 Å². The molecular weight excluding hydrogens is 350 g/mol. The van der Waals surface area contributed by atoms with Gasteiger partial charge < -0.3 is 5.11 Å². The topological polar surface area (TPSA) is 109 Å². The Balaban J connectivity index is 2.31. The molecule has 0 fully saturated rings. The highest BCUT2D eigenvalue weighted by molar-refractivity contribution is 9.10. The number of hydrogen-bond donors (Lipinski definition) is 2. The zero-order chi connectivity index (χ0) is 14.8. The van der Waals surface area contributed by atoms with Crippen LogP contribution in [0, 0.1) is 0 Å². The number of rotatable bonds is 4. The molecule has 0 radical (unpaired) electrons. The third-order valence-corrected chi connectivity index (χ3v) is 4.17. The Morgan fingerprint density at radius 1 is 1.25 bits per heavy atom. The summed E-state index contributed by atoms with van der Waals surface area (Å²) in [5.41, 5.74) is 0.170. The Hall–Kier alpha value is -2.00. The summed E-state index contributed by atoms with van der Waals surface area (Å²) in [7, 11) is -3.90. The van der Waals surface area contributed by atoms with Crippen LogP contribution in [0.25, 0.3) is 0 Å². The van der Waals surface area contributed by atoms with Crippen molar-refractivity contribution >= 4 is 37.6 Å². The lowest BCUT2D eigenvalue weighted by Crippen LogP contribution is -2.15. The molecule has 0 aliphatic heterocycles. The lowest BCUT2D eigenvalue weighted by molar-refractivity contribution is 0.0696. The molecule has 2 heterocycles. The number of nitrogens with zero attached hydrogens (tertiary/aromatic N) is 2. The van der Waals surface area contributed by atoms with E-state index in [0.29, 0.717) is 4.60 Å². The molecule has 0 aliphatic rings. The molecule has 0 atom stereocenters. The normalized spacial score (nSPS) is 11.1. The minimum absolute atomic E-state index is 0.0912. The van der Waals surface area contributed by atoms with Gasteiger partial charge in [0.05, 0.1) is 11.3 Å². The molecule has 2 aromatic heterocycles. The second-order valence-corrected chi connectivity index (χ2v) is 6.02. The molecule has 9 heteroatoms. The summed E-state index contributed by atoms with van der Waals surface area (Å²) < 4.78 is 26.8. The van der Waals surface area contributed by atoms with Gasteiger partial charge in [0.2, 0.25) is 0 Å². The Kier molecular flexibility index (Phi) is 4.00. The maximum atomic E-state index is 12.1. The highest BCUT2D eigenvalue weighted by Crippen LogP contribution is 2.21. The number of aromatic carboxylic acids is 1. The van der Waals surface area contributed by atoms with Crippen LogP contribution in [0.1, 0.15) is 10.4 Å². The van der Waals surface area contributed by atoms with E-state index >= 15 is 0 Å². The number of carboxylic acids is 1. The predicted octanol–water partition coefficient (Wildman–Crippen LogP) is 1.74. The van der Waals surface area contributed by atoms with Crippen molar-refractivity contribution < 1.29 is 18.3 Å². The van der Waals surface area contributed by atoms with E-state index in [-0.39, 0.29) is 16.3 Å². The summed E-state index contributed by atoms with van der Waals surface area (Å²) in [6.45, 7) is 0. The second kappa shape index (κ2) is 5.55. The van der Waals surface area contributed by atoms with Gasteiger partial charge in [0.15, 0.2) is 5.03 Å². The molecule has 0 bridgehead atoms. The van der Waals surface area contributed by atoms with Gasteiger partial charge >= 0.3 is 5.97 Å². The number of sulfonamides is 1. The minimum Gasteiger partial charge on any atom is -0.478 e. The largest absolute Gasteiger partial charge is 0.478 e. The first-order valence-electron chi connectivity index (χ1n) is 5.23. The molecule has 20 heavy (non-hydrogen) atoms. The van der Waals surface area contributed by atoms with Crippen LogP contribution in [0.2, 0.25) is 0 Å². The van der Waals surface area contributed by atoms with E-state index in [1.807, 2.05) is 0 Å². The molecule has 0 unspecified atom stereocenters. The second-order valence-electron chi connectivity index (χ2n) is 3.64. The first kappa shape index (κ1) is 14.4. The summed E-state index contributed by atoms with van der Waals surface area (Å²) in [4.78, 5) is 18.2. The van der Waals surface area contributed by atoms with Gasteiger partial charge in [-0.15, -0.1) is 0 Å². The van der Waals surface area contributed by atoms with Crippen molar-refractivity contribution in [3.8, 4) is 0 Å². The number of carbonyl (C=O) groups is 1. The molecule has 0 aliphatic carbocycles. The van der Waals surface area contributed by atoms with E-state index in [1.165, 1.54) is 18.3 Å². The fourth-order valence-corrected chi connectivity index (χ4v) is 2.80. The van der Waals surface area contributed by atoms with Gasteiger partial charge in [0.25, 0.3) is 10.0 Å². The van der Waals surface area contributed by atoms with Gasteiger partial charge in [0, 0.05) is 12.4 Å². The summed E-state index contributed by atoms with van der Waals surface area (Å²) in [6.07, 6.45) is 2.48. The van der Waals surface area contributed by atoms with E-state index in [2.05, 4.69) is 30.6 Å². The molecule has 0 spiro atoms. The predicted molar refractivity (Wildman–Crippen MR) is 73.9 cm³/mol. The Labute approximate surface area is 122 Å². The van der Waals surface area contributed by atoms with Crippen LogP contribution >= 0.6 is 15.9 Å². The molecule has 104 valence electrons. The van der Waals surface area contributed by atoms with Crippen molar-refractivity contribution in [1.29, 1.82) is 0 Å². The maximum Gasteiger partial charge on any atom is 0.337 e. The van der Waals surface area contributed by atoms with Crippen LogP contribution in [0.15, 0.2) is 46.3 Å². The Morgan fingerprint density at radius 3 is 2.55 bits per heavy atom. The third-order valence-electron chi connectivity index (χ3n) is 2.26. The average Bonchev–Trinajstić information content (AvgIpc) is 2.41. The monoisotopic (exact) mass is 357 g/mol. The fraction of sp³-hybridized carbons (Fsp3) is 0. The maximum absolute atomic E-state index is 12.1. The van der Waals surface area contributed by atoms with Crippen LogP contribution in [0.4, 0.5) is 5.69 Å². The van der Waals surface area contributed by atoms with E-state index in [0.717, 1.165) is 12.3 Å². The summed E-state index contributed by atoms with van der Waals surface area (Å²) in [5, 5.41) is 8.45. The van der Waals surface area contributed by atoms with Crippen molar-refractivity contribution in [2.75, 3.05) is 4.72 Å². The Bertz CT molecular complexity index is 747. The molecular formula is C11H8BrN3O4S. The number of pyridine rings is 2. The van der Waals surface area contributed by atoms with Gasteiger partial charge in [-0.3, -0.25) is 4.72 Å². The number of carboxylic acid groups (broad SMARTS) is 1. The Morgan fingerprint density at radius 2 is 2.00 bits per heavy atom. The van der Waals surface area contributed by atoms with Crippen molar-refractivity contribution in [1.82, 2.24) is 9.97 Å². The number of aromatic nitrogens is 2. The molecule has 0 amide bonds. The van der Waals surface area contributed by atoms with E-state index < -0.39 is 16.0 Å². The molecule has 7 nitrogen and oxygen atoms in total. The lowest BCUT2D eigenvalue weighted by atomic mass is 10.3. The van der Waals surface area contributed by atoms with E-state index in [9.17, 15) is 13.2 Å². The van der Waals surface area contributed by atoms with Gasteiger partial charge in [0.1, 0.15) is 4.60 Å².